The maximum absolute atomic E-state index is 9.82. The Morgan fingerprint density at radius 2 is 1.22 bits per heavy atom. The molecule has 0 aliphatic heterocycles. The normalized spacial score (nSPS) is 12.4. The van der Waals surface area contributed by atoms with Gasteiger partial charge < -0.3 is 15.3 Å². The Hall–Kier alpha value is -2.14. The number of rotatable bonds is 6. The van der Waals surface area contributed by atoms with Gasteiger partial charge in [-0.1, -0.05) is 24.3 Å². The van der Waals surface area contributed by atoms with Crippen molar-refractivity contribution < 1.29 is 32.4 Å². The van der Waals surface area contributed by atoms with Gasteiger partial charge in [0.2, 0.25) is 0 Å². The van der Waals surface area contributed by atoms with Gasteiger partial charge in [-0.15, -0.1) is 0 Å². The van der Waals surface area contributed by atoms with Gasteiger partial charge in [0.05, 0.1) is 30.3 Å². The zero-order valence-corrected chi connectivity index (χ0v) is 13.3. The summed E-state index contributed by atoms with van der Waals surface area (Å²) in [5.41, 5.74) is 1.45. The molecule has 0 bridgehead atoms. The third-order valence-electron chi connectivity index (χ3n) is 3.01. The van der Waals surface area contributed by atoms with Crippen LogP contribution in [0.15, 0.2) is 58.5 Å². The summed E-state index contributed by atoms with van der Waals surface area (Å²) in [4.78, 5) is 8.28. The minimum absolute atomic E-state index is 0. The Morgan fingerprint density at radius 3 is 1.61 bits per heavy atom. The van der Waals surface area contributed by atoms with Crippen LogP contribution in [0.5, 0.6) is 11.5 Å². The topological polar surface area (TPSA) is 90.8 Å². The van der Waals surface area contributed by atoms with Crippen molar-refractivity contribution in [2.75, 3.05) is 13.1 Å². The molecule has 0 amide bonds. The van der Waals surface area contributed by atoms with Gasteiger partial charge >= 0.3 is 17.1 Å². The van der Waals surface area contributed by atoms with Gasteiger partial charge in [0, 0.05) is 24.6 Å². The average Bonchev–Trinajstić information content (AvgIpc) is 2.51. The molecule has 2 aromatic rings. The van der Waals surface area contributed by atoms with Crippen molar-refractivity contribution in [2.24, 2.45) is 9.98 Å². The van der Waals surface area contributed by atoms with Crippen LogP contribution in [0.25, 0.3) is 0 Å². The molecule has 0 unspecified atom stereocenters. The molecule has 0 spiro atoms. The van der Waals surface area contributed by atoms with E-state index in [0.717, 1.165) is 11.1 Å². The van der Waals surface area contributed by atoms with Crippen molar-refractivity contribution in [3.05, 3.63) is 59.7 Å². The fourth-order valence-electron chi connectivity index (χ4n) is 1.82. The molecule has 0 aliphatic carbocycles. The van der Waals surface area contributed by atoms with Gasteiger partial charge in [-0.25, -0.2) is 0 Å². The third kappa shape index (κ3) is 6.24. The number of aliphatic hydroxyl groups excluding tert-OH is 1. The summed E-state index contributed by atoms with van der Waals surface area (Å²) in [6, 6.07) is 14.3. The first-order valence-electron chi connectivity index (χ1n) is 6.96. The largest absolute Gasteiger partial charge is 2.00 e. The number of nitrogens with zero attached hydrogens (tertiary/aromatic N) is 2. The minimum atomic E-state index is -0.678. The van der Waals surface area contributed by atoms with Crippen molar-refractivity contribution in [2.45, 2.75) is 6.10 Å². The van der Waals surface area contributed by atoms with Gasteiger partial charge in [-0.2, -0.15) is 0 Å². The van der Waals surface area contributed by atoms with Crippen LogP contribution >= 0.6 is 0 Å². The van der Waals surface area contributed by atoms with E-state index >= 15 is 0 Å². The van der Waals surface area contributed by atoms with E-state index < -0.39 is 6.10 Å². The molecular weight excluding hydrogens is 344 g/mol. The summed E-state index contributed by atoms with van der Waals surface area (Å²) in [5.74, 6) is 0.816. The first-order valence-corrected chi connectivity index (χ1v) is 6.96. The Labute approximate surface area is 145 Å². The zero-order valence-electron chi connectivity index (χ0n) is 12.4. The minimum Gasteiger partial charge on any atom is -0.593 e. The summed E-state index contributed by atoms with van der Waals surface area (Å²) < 4.78 is 0. The van der Waals surface area contributed by atoms with Gasteiger partial charge in [0.1, 0.15) is 0 Å². The molecule has 2 rings (SSSR count). The second kappa shape index (κ2) is 9.79. The van der Waals surface area contributed by atoms with Crippen LogP contribution in [0.4, 0.5) is 0 Å². The van der Waals surface area contributed by atoms with E-state index in [1.54, 1.807) is 36.7 Å². The second-order valence-corrected chi connectivity index (χ2v) is 4.82. The van der Waals surface area contributed by atoms with Crippen LogP contribution in [0.2, 0.25) is 0 Å². The zero-order chi connectivity index (χ0) is 15.8. The van der Waals surface area contributed by atoms with Crippen molar-refractivity contribution >= 4 is 12.4 Å². The molecule has 5 N–H and O–H groups in total. The first kappa shape index (κ1) is 18.9. The van der Waals surface area contributed by atoms with Crippen LogP contribution in [0.1, 0.15) is 11.1 Å². The maximum Gasteiger partial charge on any atom is 2.00 e. The number of hydrogen-bond acceptors (Lipinski definition) is 3. The van der Waals surface area contributed by atoms with E-state index in [0.29, 0.717) is 11.5 Å². The van der Waals surface area contributed by atoms with E-state index in [1.807, 2.05) is 24.3 Å². The van der Waals surface area contributed by atoms with Crippen LogP contribution in [0.3, 0.4) is 0 Å². The second-order valence-electron chi connectivity index (χ2n) is 4.82. The maximum atomic E-state index is 9.82. The molecule has 0 atom stereocenters. The Kier molecular flexibility index (Phi) is 8.05. The Morgan fingerprint density at radius 1 is 0.826 bits per heavy atom. The number of hydrogen-bond donors (Lipinski definition) is 1. The van der Waals surface area contributed by atoms with Crippen LogP contribution in [-0.4, -0.2) is 46.9 Å². The quantitative estimate of drug-likeness (QED) is 0.469. The number of aliphatic hydroxyl groups is 1. The van der Waals surface area contributed by atoms with Crippen molar-refractivity contribution in [3.8, 4) is 11.5 Å². The molecule has 6 heteroatoms. The molecule has 23 heavy (non-hydrogen) atoms. The summed E-state index contributed by atoms with van der Waals surface area (Å²) in [5, 5.41) is 25.2. The molecule has 1 radical (unpaired) electrons. The molecule has 0 fully saturated rings. The van der Waals surface area contributed by atoms with Crippen molar-refractivity contribution in [3.63, 3.8) is 0 Å². The average molecular weight is 364 g/mol. The third-order valence-corrected chi connectivity index (χ3v) is 3.01. The van der Waals surface area contributed by atoms with Gasteiger partial charge in [-0.3, -0.25) is 9.98 Å². The molecule has 5 nitrogen and oxygen atoms in total. The summed E-state index contributed by atoms with van der Waals surface area (Å²) in [6.07, 6.45) is 2.51. The van der Waals surface area contributed by atoms with Gasteiger partial charge in [0.15, 0.2) is 0 Å². The summed E-state index contributed by atoms with van der Waals surface area (Å²) in [6.45, 7) is 0.461. The van der Waals surface area contributed by atoms with Crippen LogP contribution in [0, 0.1) is 0 Å². The van der Waals surface area contributed by atoms with Gasteiger partial charge in [-0.05, 0) is 12.1 Å². The standard InChI is InChI=1S/C17H18N2O3.Cu/c20-15(11-18-9-13-5-1-3-7-16(13)21)12-19-10-14-6-2-4-8-17(14)22;/h1-10,15,20-22H,11-12H2;/q;+2/p+2. The monoisotopic (exact) mass is 363 g/mol. The van der Waals surface area contributed by atoms with Crippen molar-refractivity contribution in [1.29, 1.82) is 0 Å². The van der Waals surface area contributed by atoms with E-state index in [2.05, 4.69) is 9.98 Å². The first-order chi connectivity index (χ1) is 10.7. The van der Waals surface area contributed by atoms with E-state index in [1.165, 1.54) is 0 Å². The smallest absolute Gasteiger partial charge is 0.593 e. The predicted molar refractivity (Wildman–Crippen MR) is 89.9 cm³/mol. The fourth-order valence-corrected chi connectivity index (χ4v) is 1.82. The van der Waals surface area contributed by atoms with Crippen LogP contribution in [-0.2, 0) is 17.1 Å². The molecule has 0 saturated heterocycles. The molecule has 0 aromatic heterocycles. The molecule has 0 aliphatic rings. The van der Waals surface area contributed by atoms with E-state index in [-0.39, 0.29) is 30.2 Å². The van der Waals surface area contributed by atoms with E-state index in [9.17, 15) is 5.11 Å². The molecule has 0 heterocycles. The number of para-hydroxylation sites is 2. The SMILES string of the molecule is OC(CN=Cc1ccccc1[OH2+])CN=Cc1ccccc1[OH2+].[Cu+2]. The van der Waals surface area contributed by atoms with Gasteiger partial charge in [0.25, 0.3) is 11.5 Å². The summed E-state index contributed by atoms with van der Waals surface area (Å²) in [7, 11) is 0. The Bertz CT molecular complexity index is 617. The van der Waals surface area contributed by atoms with Crippen LogP contribution < -0.4 is 0 Å². The molecule has 2 aromatic carbocycles. The molecular formula is C17H20CuN2O3+4. The summed E-state index contributed by atoms with van der Waals surface area (Å²) >= 11 is 0. The van der Waals surface area contributed by atoms with E-state index in [4.69, 9.17) is 10.2 Å². The molecule has 123 valence electrons. The number of benzene rings is 2. The molecule has 0 saturated carbocycles. The number of aliphatic imine (C=N–C) groups is 2. The predicted octanol–water partition coefficient (Wildman–Crippen LogP) is 1.46. The fraction of sp³-hybridized carbons (Fsp3) is 0.176. The Balaban J connectivity index is 0.00000264. The van der Waals surface area contributed by atoms with Crippen molar-refractivity contribution in [1.82, 2.24) is 0 Å².